The lowest BCUT2D eigenvalue weighted by atomic mass is 9.99. The molecule has 7 rings (SSSR count). The fourth-order valence-corrected chi connectivity index (χ4v) is 8.97. The smallest absolute Gasteiger partial charge is 0.362 e. The van der Waals surface area contributed by atoms with E-state index in [4.69, 9.17) is 25.4 Å². The summed E-state index contributed by atoms with van der Waals surface area (Å²) in [5, 5.41) is 9.34. The van der Waals surface area contributed by atoms with Gasteiger partial charge in [-0.2, -0.15) is 4.98 Å². The average Bonchev–Trinajstić information content (AvgIpc) is 3.55. The summed E-state index contributed by atoms with van der Waals surface area (Å²) in [6.45, 7) is 2.72. The van der Waals surface area contributed by atoms with E-state index in [0.29, 0.717) is 53.5 Å². The van der Waals surface area contributed by atoms with Gasteiger partial charge in [0.1, 0.15) is 16.8 Å². The molecular formula is C39H44ClN8O7P. The highest BCUT2D eigenvalue weighted by Crippen LogP contribution is 2.47. The number of para-hydroxylation sites is 1. The highest BCUT2D eigenvalue weighted by Gasteiger charge is 2.40. The number of amides is 3. The van der Waals surface area contributed by atoms with Crippen LogP contribution in [-0.2, 0) is 36.3 Å². The van der Waals surface area contributed by atoms with Gasteiger partial charge in [0.2, 0.25) is 17.8 Å². The first-order valence-corrected chi connectivity index (χ1v) is 20.2. The molecule has 1 atom stereocenters. The number of carbonyl (C=O) groups excluding carboxylic acids is 3. The number of rotatable bonds is 13. The molecule has 0 bridgehead atoms. The van der Waals surface area contributed by atoms with Crippen molar-refractivity contribution in [3.8, 4) is 5.75 Å². The predicted octanol–water partition coefficient (Wildman–Crippen LogP) is 5.60. The minimum absolute atomic E-state index is 0.160. The topological polar surface area (TPSA) is 168 Å². The van der Waals surface area contributed by atoms with E-state index in [2.05, 4.69) is 48.8 Å². The summed E-state index contributed by atoms with van der Waals surface area (Å²) in [4.78, 5) is 52.8. The zero-order valence-corrected chi connectivity index (χ0v) is 33.2. The van der Waals surface area contributed by atoms with Crippen molar-refractivity contribution < 1.29 is 32.7 Å². The number of fused-ring (bicyclic) bond motifs is 1. The zero-order valence-electron chi connectivity index (χ0n) is 31.6. The van der Waals surface area contributed by atoms with Gasteiger partial charge in [0.15, 0.2) is 5.82 Å². The number of imide groups is 1. The summed E-state index contributed by atoms with van der Waals surface area (Å²) >= 11 is 6.47. The van der Waals surface area contributed by atoms with Crippen LogP contribution in [0.3, 0.4) is 0 Å². The largest absolute Gasteiger partial charge is 0.494 e. The second-order valence-electron chi connectivity index (χ2n) is 13.9. The second kappa shape index (κ2) is 16.6. The lowest BCUT2D eigenvalue weighted by Crippen LogP contribution is -2.52. The van der Waals surface area contributed by atoms with Gasteiger partial charge in [-0.05, 0) is 67.8 Å². The van der Waals surface area contributed by atoms with Gasteiger partial charge in [0, 0.05) is 70.2 Å². The Morgan fingerprint density at radius 1 is 0.964 bits per heavy atom. The highest BCUT2D eigenvalue weighted by molar-refractivity contribution is 7.62. The molecule has 3 aliphatic rings. The number of nitrogens with zero attached hydrogens (tertiary/aromatic N) is 5. The Morgan fingerprint density at radius 2 is 1.73 bits per heavy atom. The number of methoxy groups -OCH3 is 1. The standard InChI is InChI=1S/C39H44ClN8O7P/c1-46(22-24-8-7-9-27-28(24)23-48(38(27)51)32-14-15-35(49)44-37(32)50)25-16-18-47(19-17-25)26-12-13-30(33(20-26)53-2)43-39-41-21-29(40)36(45-39)42-31-10-5-6-11-34(31)56(52,54-3)55-4/h5-13,20-21,25,32H,14-19,22-23H2,1-4H3,(H,44,49,50)(H2,41,42,43,45). The van der Waals surface area contributed by atoms with Crippen LogP contribution in [-0.4, -0.2) is 91.0 Å². The Bertz CT molecular complexity index is 2190. The molecule has 3 aliphatic heterocycles. The molecule has 15 nitrogen and oxygen atoms in total. The van der Waals surface area contributed by atoms with Crippen LogP contribution in [0.15, 0.2) is 66.9 Å². The first-order chi connectivity index (χ1) is 27.0. The minimum atomic E-state index is -3.57. The van der Waals surface area contributed by atoms with Gasteiger partial charge < -0.3 is 34.2 Å². The van der Waals surface area contributed by atoms with Gasteiger partial charge in [-0.1, -0.05) is 35.9 Å². The van der Waals surface area contributed by atoms with Crippen LogP contribution >= 0.6 is 19.2 Å². The molecule has 1 unspecified atom stereocenters. The van der Waals surface area contributed by atoms with Gasteiger partial charge in [0.25, 0.3) is 5.91 Å². The molecule has 2 saturated heterocycles. The van der Waals surface area contributed by atoms with Gasteiger partial charge in [0.05, 0.1) is 30.0 Å². The number of nitrogens with one attached hydrogen (secondary N) is 3. The molecule has 2 fully saturated rings. The molecule has 0 spiro atoms. The number of ether oxygens (including phenoxy) is 1. The number of anilines is 5. The van der Waals surface area contributed by atoms with E-state index in [1.165, 1.54) is 20.4 Å². The molecule has 0 radical (unpaired) electrons. The van der Waals surface area contributed by atoms with Crippen molar-refractivity contribution in [1.82, 2.24) is 25.1 Å². The normalized spacial score (nSPS) is 17.6. The quantitative estimate of drug-likeness (QED) is 0.113. The first-order valence-electron chi connectivity index (χ1n) is 18.3. The third-order valence-corrected chi connectivity index (χ3v) is 12.9. The Hall–Kier alpha value is -5.05. The number of aromatic nitrogens is 2. The molecule has 0 saturated carbocycles. The lowest BCUT2D eigenvalue weighted by molar-refractivity contribution is -0.136. The number of benzene rings is 3. The molecule has 4 aromatic rings. The average molecular weight is 803 g/mol. The molecule has 0 aliphatic carbocycles. The SMILES string of the molecule is COc1cc(N2CCC(N(C)Cc3cccc4c3CN(C3CCC(=O)NC3=O)C4=O)CC2)ccc1Nc1ncc(Cl)c(Nc2ccccc2P(=O)(OC)OC)n1. The van der Waals surface area contributed by atoms with Crippen molar-refractivity contribution in [2.75, 3.05) is 57.0 Å². The summed E-state index contributed by atoms with van der Waals surface area (Å²) in [5.74, 6) is 0.308. The molecule has 294 valence electrons. The van der Waals surface area contributed by atoms with Crippen LogP contribution in [0, 0.1) is 0 Å². The molecule has 56 heavy (non-hydrogen) atoms. The van der Waals surface area contributed by atoms with Crippen molar-refractivity contribution in [3.05, 3.63) is 88.6 Å². The zero-order chi connectivity index (χ0) is 39.6. The predicted molar refractivity (Wildman–Crippen MR) is 213 cm³/mol. The van der Waals surface area contributed by atoms with Crippen molar-refractivity contribution >= 4 is 71.1 Å². The van der Waals surface area contributed by atoms with Crippen LogP contribution in [0.4, 0.5) is 28.8 Å². The fraction of sp³-hybridized carbons (Fsp3) is 0.359. The maximum absolute atomic E-state index is 13.3. The maximum Gasteiger partial charge on any atom is 0.362 e. The number of hydrogen-bond donors (Lipinski definition) is 3. The maximum atomic E-state index is 13.3. The Kier molecular flexibility index (Phi) is 11.6. The van der Waals surface area contributed by atoms with Crippen LogP contribution in [0.2, 0.25) is 5.02 Å². The summed E-state index contributed by atoms with van der Waals surface area (Å²) < 4.78 is 29.4. The number of carbonyl (C=O) groups is 3. The molecule has 3 N–H and O–H groups in total. The van der Waals surface area contributed by atoms with E-state index < -0.39 is 19.5 Å². The van der Waals surface area contributed by atoms with Gasteiger partial charge >= 0.3 is 7.60 Å². The van der Waals surface area contributed by atoms with Crippen LogP contribution < -0.4 is 30.9 Å². The van der Waals surface area contributed by atoms with Crippen LogP contribution in [0.25, 0.3) is 0 Å². The van der Waals surface area contributed by atoms with E-state index in [0.717, 1.165) is 42.7 Å². The minimum Gasteiger partial charge on any atom is -0.494 e. The Labute approximate surface area is 330 Å². The first kappa shape index (κ1) is 39.2. The van der Waals surface area contributed by atoms with E-state index in [-0.39, 0.29) is 35.0 Å². The lowest BCUT2D eigenvalue weighted by Gasteiger charge is -2.38. The fourth-order valence-electron chi connectivity index (χ4n) is 7.59. The second-order valence-corrected chi connectivity index (χ2v) is 16.5. The van der Waals surface area contributed by atoms with Gasteiger partial charge in [-0.25, -0.2) is 4.98 Å². The Balaban J connectivity index is 0.980. The van der Waals surface area contributed by atoms with Gasteiger partial charge in [-0.15, -0.1) is 0 Å². The highest BCUT2D eigenvalue weighted by atomic mass is 35.5. The summed E-state index contributed by atoms with van der Waals surface area (Å²) in [7, 11) is 2.81. The summed E-state index contributed by atoms with van der Waals surface area (Å²) in [5.41, 5.74) is 4.80. The van der Waals surface area contributed by atoms with Crippen molar-refractivity contribution in [2.24, 2.45) is 0 Å². The molecule has 17 heteroatoms. The van der Waals surface area contributed by atoms with E-state index >= 15 is 0 Å². The van der Waals surface area contributed by atoms with Crippen LogP contribution in [0.5, 0.6) is 5.75 Å². The molecular weight excluding hydrogens is 759 g/mol. The molecule has 1 aromatic heterocycles. The molecule has 4 heterocycles. The molecule has 3 aromatic carbocycles. The van der Waals surface area contributed by atoms with E-state index in [1.807, 2.05) is 30.3 Å². The van der Waals surface area contributed by atoms with Gasteiger partial charge in [-0.3, -0.25) is 29.2 Å². The third kappa shape index (κ3) is 7.95. The van der Waals surface area contributed by atoms with E-state index in [9.17, 15) is 18.9 Å². The molecule has 3 amide bonds. The monoisotopic (exact) mass is 802 g/mol. The summed E-state index contributed by atoms with van der Waals surface area (Å²) in [6.07, 6.45) is 3.92. The van der Waals surface area contributed by atoms with Crippen molar-refractivity contribution in [1.29, 1.82) is 0 Å². The third-order valence-electron chi connectivity index (χ3n) is 10.7. The van der Waals surface area contributed by atoms with Crippen LogP contribution in [0.1, 0.15) is 47.2 Å². The van der Waals surface area contributed by atoms with Crippen molar-refractivity contribution in [2.45, 2.75) is 50.9 Å². The number of piperidine rings is 2. The van der Waals surface area contributed by atoms with Crippen molar-refractivity contribution in [3.63, 3.8) is 0 Å². The van der Waals surface area contributed by atoms with E-state index in [1.54, 1.807) is 36.3 Å². The Morgan fingerprint density at radius 3 is 2.46 bits per heavy atom. The number of halogens is 1. The number of hydrogen-bond acceptors (Lipinski definition) is 13. The summed E-state index contributed by atoms with van der Waals surface area (Å²) in [6, 6.07) is 18.3.